The van der Waals surface area contributed by atoms with Crippen LogP contribution in [0.25, 0.3) is 11.3 Å². The zero-order valence-electron chi connectivity index (χ0n) is 13.0. The van der Waals surface area contributed by atoms with Crippen LogP contribution in [0.15, 0.2) is 48.5 Å². The molecule has 0 fully saturated rings. The molecule has 4 nitrogen and oxygen atoms in total. The first-order valence-electron chi connectivity index (χ1n) is 7.32. The highest BCUT2D eigenvalue weighted by Crippen LogP contribution is 2.29. The van der Waals surface area contributed by atoms with E-state index in [0.29, 0.717) is 0 Å². The molecule has 3 aromatic rings. The number of hydrogen-bond acceptors (Lipinski definition) is 3. The van der Waals surface area contributed by atoms with Gasteiger partial charge in [-0.3, -0.25) is 4.79 Å². The monoisotopic (exact) mass is 367 g/mol. The molecule has 134 valence electrons. The number of alkyl halides is 3. The molecule has 26 heavy (non-hydrogen) atoms. The lowest BCUT2D eigenvalue weighted by Crippen LogP contribution is -2.24. The second-order valence-corrected chi connectivity index (χ2v) is 5.34. The maximum absolute atomic E-state index is 13.9. The molecule has 0 unspecified atom stereocenters. The van der Waals surface area contributed by atoms with Gasteiger partial charge in [-0.05, 0) is 12.1 Å². The zero-order chi connectivity index (χ0) is 18.9. The molecule has 0 aliphatic rings. The van der Waals surface area contributed by atoms with Gasteiger partial charge < -0.3 is 0 Å². The molecule has 2 aromatic carbocycles. The molecule has 0 radical (unpaired) electrons. The van der Waals surface area contributed by atoms with Crippen molar-refractivity contribution in [3.8, 4) is 11.3 Å². The number of carbonyl (C=O) groups excluding carboxylic acids is 1. The average molecular weight is 367 g/mol. The van der Waals surface area contributed by atoms with E-state index in [1.165, 1.54) is 24.3 Å². The second kappa shape index (κ2) is 6.66. The summed E-state index contributed by atoms with van der Waals surface area (Å²) < 4.78 is 67.2. The number of carbonyl (C=O) groups is 1. The van der Waals surface area contributed by atoms with E-state index in [1.54, 1.807) is 6.07 Å². The van der Waals surface area contributed by atoms with Gasteiger partial charge in [0.05, 0.1) is 6.54 Å². The van der Waals surface area contributed by atoms with Crippen molar-refractivity contribution >= 4 is 5.78 Å². The van der Waals surface area contributed by atoms with Gasteiger partial charge in [-0.25, -0.2) is 13.5 Å². The third kappa shape index (κ3) is 3.32. The minimum Gasteiger partial charge on any atom is -0.282 e. The summed E-state index contributed by atoms with van der Waals surface area (Å²) >= 11 is 0. The third-order valence-corrected chi connectivity index (χ3v) is 3.62. The van der Waals surface area contributed by atoms with Crippen LogP contribution in [0.3, 0.4) is 0 Å². The van der Waals surface area contributed by atoms with E-state index in [2.05, 4.69) is 10.3 Å². The molecule has 9 heteroatoms. The van der Waals surface area contributed by atoms with Crippen LogP contribution >= 0.6 is 0 Å². The Morgan fingerprint density at radius 2 is 1.58 bits per heavy atom. The predicted octanol–water partition coefficient (Wildman–Crippen LogP) is 4.02. The van der Waals surface area contributed by atoms with Crippen molar-refractivity contribution in [3.63, 3.8) is 0 Å². The van der Waals surface area contributed by atoms with E-state index in [1.807, 2.05) is 0 Å². The number of hydrogen-bond donors (Lipinski definition) is 0. The van der Waals surface area contributed by atoms with Gasteiger partial charge in [-0.2, -0.15) is 13.2 Å². The second-order valence-electron chi connectivity index (χ2n) is 5.34. The number of aromatic nitrogens is 3. The molecule has 0 saturated carbocycles. The van der Waals surface area contributed by atoms with Crippen molar-refractivity contribution in [1.29, 1.82) is 0 Å². The van der Waals surface area contributed by atoms with E-state index in [9.17, 15) is 26.7 Å². The first kappa shape index (κ1) is 17.7. The Bertz CT molecular complexity index is 931. The van der Waals surface area contributed by atoms with Gasteiger partial charge in [0.15, 0.2) is 5.69 Å². The SMILES string of the molecule is O=C(c1nnn(Cc2c(F)cccc2F)c1-c1ccccc1)C(F)(F)F. The fourth-order valence-electron chi connectivity index (χ4n) is 2.43. The normalized spacial score (nSPS) is 11.6. The Kier molecular flexibility index (Phi) is 4.54. The minimum atomic E-state index is -5.16. The van der Waals surface area contributed by atoms with Crippen LogP contribution in [-0.2, 0) is 6.54 Å². The third-order valence-electron chi connectivity index (χ3n) is 3.62. The van der Waals surface area contributed by atoms with E-state index in [4.69, 9.17) is 0 Å². The summed E-state index contributed by atoms with van der Waals surface area (Å²) in [6.07, 6.45) is -5.16. The van der Waals surface area contributed by atoms with Gasteiger partial charge >= 0.3 is 6.18 Å². The minimum absolute atomic E-state index is 0.210. The first-order chi connectivity index (χ1) is 12.3. The predicted molar refractivity (Wildman–Crippen MR) is 81.3 cm³/mol. The van der Waals surface area contributed by atoms with E-state index in [-0.39, 0.29) is 11.3 Å². The Balaban J connectivity index is 2.15. The molecular weight excluding hydrogens is 357 g/mol. The summed E-state index contributed by atoms with van der Waals surface area (Å²) in [5.74, 6) is -3.96. The highest BCUT2D eigenvalue weighted by Gasteiger charge is 2.43. The van der Waals surface area contributed by atoms with E-state index >= 15 is 0 Å². The first-order valence-corrected chi connectivity index (χ1v) is 7.32. The number of halogens is 5. The Labute approximate surface area is 143 Å². The smallest absolute Gasteiger partial charge is 0.282 e. The number of ketones is 1. The van der Waals surface area contributed by atoms with Crippen LogP contribution in [0.1, 0.15) is 16.1 Å². The molecule has 0 atom stereocenters. The van der Waals surface area contributed by atoms with Gasteiger partial charge in [0.25, 0.3) is 5.78 Å². The zero-order valence-corrected chi connectivity index (χ0v) is 13.0. The quantitative estimate of drug-likeness (QED) is 0.517. The lowest BCUT2D eigenvalue weighted by Gasteiger charge is -2.10. The van der Waals surface area contributed by atoms with E-state index < -0.39 is 41.4 Å². The molecular formula is C17H10F5N3O. The van der Waals surface area contributed by atoms with Crippen LogP contribution in [0.5, 0.6) is 0 Å². The standard InChI is InChI=1S/C17H10F5N3O/c18-12-7-4-8-13(19)11(12)9-25-15(10-5-2-1-3-6-10)14(23-24-25)16(26)17(20,21)22/h1-8H,9H2. The van der Waals surface area contributed by atoms with E-state index in [0.717, 1.165) is 22.9 Å². The van der Waals surface area contributed by atoms with Crippen molar-refractivity contribution in [3.05, 3.63) is 71.4 Å². The van der Waals surface area contributed by atoms with Crippen molar-refractivity contribution < 1.29 is 26.7 Å². The van der Waals surface area contributed by atoms with Crippen LogP contribution in [-0.4, -0.2) is 27.0 Å². The number of nitrogens with zero attached hydrogens (tertiary/aromatic N) is 3. The summed E-state index contributed by atoms with van der Waals surface area (Å²) in [7, 11) is 0. The number of Topliss-reactive ketones (excluding diaryl/α,β-unsaturated/α-hetero) is 1. The van der Waals surface area contributed by atoms with Crippen molar-refractivity contribution in [2.24, 2.45) is 0 Å². The Morgan fingerprint density at radius 3 is 2.15 bits per heavy atom. The van der Waals surface area contributed by atoms with Crippen molar-refractivity contribution in [1.82, 2.24) is 15.0 Å². The summed E-state index contributed by atoms with van der Waals surface area (Å²) in [6, 6.07) is 10.8. The maximum atomic E-state index is 13.9. The molecule has 0 amide bonds. The largest absolute Gasteiger partial charge is 0.456 e. The van der Waals surface area contributed by atoms with Crippen LogP contribution < -0.4 is 0 Å². The lowest BCUT2D eigenvalue weighted by molar-refractivity contribution is -0.0887. The molecule has 0 spiro atoms. The summed E-state index contributed by atoms with van der Waals surface area (Å²) in [5.41, 5.74) is -1.39. The van der Waals surface area contributed by atoms with Crippen molar-refractivity contribution in [2.45, 2.75) is 12.7 Å². The molecule has 0 aliphatic heterocycles. The fourth-order valence-corrected chi connectivity index (χ4v) is 2.43. The van der Waals surface area contributed by atoms with Gasteiger partial charge in [0, 0.05) is 11.1 Å². The van der Waals surface area contributed by atoms with Crippen LogP contribution in [0.2, 0.25) is 0 Å². The molecule has 1 heterocycles. The molecule has 3 rings (SSSR count). The van der Waals surface area contributed by atoms with Crippen LogP contribution in [0.4, 0.5) is 22.0 Å². The molecule has 0 N–H and O–H groups in total. The van der Waals surface area contributed by atoms with Crippen LogP contribution in [0, 0.1) is 11.6 Å². The number of rotatable bonds is 4. The maximum Gasteiger partial charge on any atom is 0.456 e. The fraction of sp³-hybridized carbons (Fsp3) is 0.118. The number of benzene rings is 2. The molecule has 1 aromatic heterocycles. The summed E-state index contributed by atoms with van der Waals surface area (Å²) in [4.78, 5) is 11.7. The highest BCUT2D eigenvalue weighted by molar-refractivity contribution is 6.03. The topological polar surface area (TPSA) is 47.8 Å². The van der Waals surface area contributed by atoms with Gasteiger partial charge in [-0.1, -0.05) is 41.6 Å². The lowest BCUT2D eigenvalue weighted by atomic mass is 10.1. The Hall–Kier alpha value is -3.10. The molecule has 0 aliphatic carbocycles. The van der Waals surface area contributed by atoms with Gasteiger partial charge in [0.2, 0.25) is 0 Å². The summed E-state index contributed by atoms with van der Waals surface area (Å²) in [6.45, 7) is -0.527. The Morgan fingerprint density at radius 1 is 0.962 bits per heavy atom. The highest BCUT2D eigenvalue weighted by atomic mass is 19.4. The average Bonchev–Trinajstić information content (AvgIpc) is 3.01. The molecule has 0 saturated heterocycles. The van der Waals surface area contributed by atoms with Crippen molar-refractivity contribution in [2.75, 3.05) is 0 Å². The molecule has 0 bridgehead atoms. The van der Waals surface area contributed by atoms with Gasteiger partial charge in [-0.15, -0.1) is 5.10 Å². The van der Waals surface area contributed by atoms with Gasteiger partial charge in [0.1, 0.15) is 17.3 Å². The summed E-state index contributed by atoms with van der Waals surface area (Å²) in [5, 5.41) is 6.83.